The van der Waals surface area contributed by atoms with Crippen molar-refractivity contribution in [2.24, 2.45) is 0 Å². The molecule has 0 aliphatic carbocycles. The average Bonchev–Trinajstić information content (AvgIpc) is 2.30. The van der Waals surface area contributed by atoms with Gasteiger partial charge in [0.05, 0.1) is 19.8 Å². The molecule has 1 heterocycles. The standard InChI is InChI=1S/C12H17NO2/c1-9-8-15-12(7-13-9)10-4-3-5-11(6-10)14-2/h3-6,9,12-13H,7-8H2,1-2H3/t9?,12-/m0/s1. The van der Waals surface area contributed by atoms with Gasteiger partial charge in [0.1, 0.15) is 5.75 Å². The number of methoxy groups -OCH3 is 1. The Morgan fingerprint density at radius 3 is 3.00 bits per heavy atom. The lowest BCUT2D eigenvalue weighted by Gasteiger charge is -2.28. The molecule has 15 heavy (non-hydrogen) atoms. The molecule has 1 aromatic rings. The molecule has 0 aromatic heterocycles. The quantitative estimate of drug-likeness (QED) is 0.801. The van der Waals surface area contributed by atoms with E-state index in [4.69, 9.17) is 9.47 Å². The van der Waals surface area contributed by atoms with Gasteiger partial charge < -0.3 is 14.8 Å². The number of ether oxygens (including phenoxy) is 2. The Bertz CT molecular complexity index is 319. The zero-order valence-corrected chi connectivity index (χ0v) is 9.19. The van der Waals surface area contributed by atoms with Crippen molar-refractivity contribution in [1.29, 1.82) is 0 Å². The molecule has 1 N–H and O–H groups in total. The highest BCUT2D eigenvalue weighted by Gasteiger charge is 2.19. The minimum absolute atomic E-state index is 0.149. The lowest BCUT2D eigenvalue weighted by atomic mass is 10.1. The van der Waals surface area contributed by atoms with Crippen LogP contribution in [0.4, 0.5) is 0 Å². The molecule has 2 atom stereocenters. The second-order valence-corrected chi connectivity index (χ2v) is 3.91. The molecule has 1 fully saturated rings. The van der Waals surface area contributed by atoms with E-state index in [1.165, 1.54) is 5.56 Å². The highest BCUT2D eigenvalue weighted by molar-refractivity contribution is 5.30. The summed E-state index contributed by atoms with van der Waals surface area (Å²) >= 11 is 0. The summed E-state index contributed by atoms with van der Waals surface area (Å²) in [4.78, 5) is 0. The van der Waals surface area contributed by atoms with Crippen molar-refractivity contribution in [1.82, 2.24) is 5.32 Å². The Morgan fingerprint density at radius 2 is 2.33 bits per heavy atom. The van der Waals surface area contributed by atoms with E-state index in [1.54, 1.807) is 7.11 Å². The summed E-state index contributed by atoms with van der Waals surface area (Å²) < 4.78 is 10.9. The van der Waals surface area contributed by atoms with Crippen molar-refractivity contribution >= 4 is 0 Å². The molecule has 1 saturated heterocycles. The van der Waals surface area contributed by atoms with Gasteiger partial charge in [-0.2, -0.15) is 0 Å². The van der Waals surface area contributed by atoms with E-state index < -0.39 is 0 Å². The Kier molecular flexibility index (Phi) is 3.23. The van der Waals surface area contributed by atoms with Crippen LogP contribution in [0.5, 0.6) is 5.75 Å². The van der Waals surface area contributed by atoms with Gasteiger partial charge in [0.2, 0.25) is 0 Å². The van der Waals surface area contributed by atoms with E-state index in [9.17, 15) is 0 Å². The van der Waals surface area contributed by atoms with Gasteiger partial charge in [-0.05, 0) is 24.6 Å². The number of hydrogen-bond donors (Lipinski definition) is 1. The fourth-order valence-electron chi connectivity index (χ4n) is 1.74. The Morgan fingerprint density at radius 1 is 1.47 bits per heavy atom. The molecule has 0 spiro atoms. The summed E-state index contributed by atoms with van der Waals surface area (Å²) in [5.41, 5.74) is 1.17. The maximum atomic E-state index is 5.76. The SMILES string of the molecule is COc1cccc([C@@H]2CNC(C)CO2)c1. The minimum atomic E-state index is 0.149. The molecule has 0 amide bonds. The summed E-state index contributed by atoms with van der Waals surface area (Å²) in [7, 11) is 1.68. The third-order valence-electron chi connectivity index (χ3n) is 2.66. The van der Waals surface area contributed by atoms with Crippen molar-refractivity contribution in [2.75, 3.05) is 20.3 Å². The molecule has 3 nitrogen and oxygen atoms in total. The van der Waals surface area contributed by atoms with Gasteiger partial charge in [-0.1, -0.05) is 12.1 Å². The van der Waals surface area contributed by atoms with Crippen molar-refractivity contribution in [2.45, 2.75) is 19.1 Å². The number of nitrogens with one attached hydrogen (secondary N) is 1. The van der Waals surface area contributed by atoms with Crippen molar-refractivity contribution < 1.29 is 9.47 Å². The molecule has 0 radical (unpaired) electrons. The number of rotatable bonds is 2. The Balaban J connectivity index is 2.08. The zero-order chi connectivity index (χ0) is 10.7. The zero-order valence-electron chi connectivity index (χ0n) is 9.19. The molecule has 0 bridgehead atoms. The Hall–Kier alpha value is -1.06. The van der Waals surface area contributed by atoms with E-state index in [-0.39, 0.29) is 6.10 Å². The van der Waals surface area contributed by atoms with Gasteiger partial charge in [-0.15, -0.1) is 0 Å². The van der Waals surface area contributed by atoms with Crippen LogP contribution in [0.2, 0.25) is 0 Å². The van der Waals surface area contributed by atoms with Crippen LogP contribution in [0.25, 0.3) is 0 Å². The van der Waals surface area contributed by atoms with E-state index in [0.29, 0.717) is 6.04 Å². The van der Waals surface area contributed by atoms with Crippen LogP contribution in [0.3, 0.4) is 0 Å². The molecule has 2 rings (SSSR count). The monoisotopic (exact) mass is 207 g/mol. The van der Waals surface area contributed by atoms with Crippen LogP contribution in [0, 0.1) is 0 Å². The molecule has 1 unspecified atom stereocenters. The Labute approximate surface area is 90.4 Å². The first kappa shape index (κ1) is 10.5. The minimum Gasteiger partial charge on any atom is -0.497 e. The van der Waals surface area contributed by atoms with Gasteiger partial charge >= 0.3 is 0 Å². The third kappa shape index (κ3) is 2.49. The first-order valence-corrected chi connectivity index (χ1v) is 5.28. The molecular formula is C12H17NO2. The molecule has 1 aliphatic rings. The van der Waals surface area contributed by atoms with E-state index in [1.807, 2.05) is 18.2 Å². The lowest BCUT2D eigenvalue weighted by Crippen LogP contribution is -2.40. The average molecular weight is 207 g/mol. The summed E-state index contributed by atoms with van der Waals surface area (Å²) in [6.07, 6.45) is 0.149. The number of hydrogen-bond acceptors (Lipinski definition) is 3. The molecule has 3 heteroatoms. The first-order valence-electron chi connectivity index (χ1n) is 5.28. The van der Waals surface area contributed by atoms with Crippen LogP contribution in [0.15, 0.2) is 24.3 Å². The van der Waals surface area contributed by atoms with Gasteiger partial charge in [0.15, 0.2) is 0 Å². The molecule has 0 saturated carbocycles. The maximum Gasteiger partial charge on any atom is 0.119 e. The van der Waals surface area contributed by atoms with Crippen molar-refractivity contribution in [3.63, 3.8) is 0 Å². The van der Waals surface area contributed by atoms with Crippen LogP contribution in [-0.4, -0.2) is 26.3 Å². The predicted molar refractivity (Wildman–Crippen MR) is 59.2 cm³/mol. The van der Waals surface area contributed by atoms with Crippen molar-refractivity contribution in [3.05, 3.63) is 29.8 Å². The summed E-state index contributed by atoms with van der Waals surface area (Å²) in [6, 6.07) is 8.50. The smallest absolute Gasteiger partial charge is 0.119 e. The first-order chi connectivity index (χ1) is 7.29. The molecule has 1 aliphatic heterocycles. The van der Waals surface area contributed by atoms with Crippen LogP contribution in [-0.2, 0) is 4.74 Å². The fourth-order valence-corrected chi connectivity index (χ4v) is 1.74. The summed E-state index contributed by atoms with van der Waals surface area (Å²) in [6.45, 7) is 3.76. The van der Waals surface area contributed by atoms with Gasteiger partial charge in [-0.25, -0.2) is 0 Å². The molecule has 82 valence electrons. The lowest BCUT2D eigenvalue weighted by molar-refractivity contribution is 0.00686. The molecule has 1 aromatic carbocycles. The topological polar surface area (TPSA) is 30.5 Å². The summed E-state index contributed by atoms with van der Waals surface area (Å²) in [5.74, 6) is 0.884. The third-order valence-corrected chi connectivity index (χ3v) is 2.66. The van der Waals surface area contributed by atoms with E-state index in [2.05, 4.69) is 18.3 Å². The van der Waals surface area contributed by atoms with Crippen LogP contribution >= 0.6 is 0 Å². The van der Waals surface area contributed by atoms with Gasteiger partial charge in [0, 0.05) is 12.6 Å². The second-order valence-electron chi connectivity index (χ2n) is 3.91. The van der Waals surface area contributed by atoms with E-state index in [0.717, 1.165) is 18.9 Å². The fraction of sp³-hybridized carbons (Fsp3) is 0.500. The van der Waals surface area contributed by atoms with Gasteiger partial charge in [0.25, 0.3) is 0 Å². The number of morpholine rings is 1. The van der Waals surface area contributed by atoms with Crippen LogP contribution in [0.1, 0.15) is 18.6 Å². The highest BCUT2D eigenvalue weighted by Crippen LogP contribution is 2.23. The highest BCUT2D eigenvalue weighted by atomic mass is 16.5. The normalized spacial score (nSPS) is 26.3. The predicted octanol–water partition coefficient (Wildman–Crippen LogP) is 1.74. The van der Waals surface area contributed by atoms with Crippen molar-refractivity contribution in [3.8, 4) is 5.75 Å². The largest absolute Gasteiger partial charge is 0.497 e. The van der Waals surface area contributed by atoms with Gasteiger partial charge in [-0.3, -0.25) is 0 Å². The van der Waals surface area contributed by atoms with Crippen LogP contribution < -0.4 is 10.1 Å². The number of benzene rings is 1. The molecular weight excluding hydrogens is 190 g/mol. The second kappa shape index (κ2) is 4.64. The maximum absolute atomic E-state index is 5.76. The summed E-state index contributed by atoms with van der Waals surface area (Å²) in [5, 5.41) is 3.40. The van der Waals surface area contributed by atoms with E-state index >= 15 is 0 Å².